The van der Waals surface area contributed by atoms with Gasteiger partial charge in [0.15, 0.2) is 23.3 Å². The minimum atomic E-state index is -1.10. The van der Waals surface area contributed by atoms with Crippen molar-refractivity contribution in [2.45, 2.75) is 0 Å². The fourth-order valence-electron chi connectivity index (χ4n) is 1.39. The number of benzene rings is 2. The number of halogens is 4. The Balaban J connectivity index is 2.59. The van der Waals surface area contributed by atoms with E-state index in [4.69, 9.17) is 0 Å². The molecule has 2 aromatic carbocycles. The second-order valence-electron chi connectivity index (χ2n) is 3.23. The summed E-state index contributed by atoms with van der Waals surface area (Å²) < 4.78 is 51.8. The van der Waals surface area contributed by atoms with Gasteiger partial charge >= 0.3 is 0 Å². The molecule has 0 unspecified atom stereocenters. The second kappa shape index (κ2) is 3.96. The summed E-state index contributed by atoms with van der Waals surface area (Å²) in [6.07, 6.45) is 0. The molecule has 0 radical (unpaired) electrons. The summed E-state index contributed by atoms with van der Waals surface area (Å²) >= 11 is 0. The molecular weight excluding hydrogens is 220 g/mol. The van der Waals surface area contributed by atoms with Crippen LogP contribution >= 0.6 is 0 Å². The molecule has 0 spiro atoms. The van der Waals surface area contributed by atoms with Gasteiger partial charge in [0.05, 0.1) is 0 Å². The molecule has 0 atom stereocenters. The lowest BCUT2D eigenvalue weighted by Crippen LogP contribution is -1.91. The lowest BCUT2D eigenvalue weighted by Gasteiger charge is -2.04. The maximum atomic E-state index is 13.3. The van der Waals surface area contributed by atoms with Crippen LogP contribution in [0.25, 0.3) is 11.1 Å². The summed E-state index contributed by atoms with van der Waals surface area (Å²) in [4.78, 5) is 0. The molecule has 82 valence electrons. The first-order valence-corrected chi connectivity index (χ1v) is 4.49. The largest absolute Gasteiger partial charge is 0.204 e. The van der Waals surface area contributed by atoms with Crippen LogP contribution in [0.15, 0.2) is 36.4 Å². The van der Waals surface area contributed by atoms with Crippen molar-refractivity contribution in [2.24, 2.45) is 0 Å². The standard InChI is InChI=1S/C12H6F4/c13-9-5-4-7(6-11(9)15)8-2-1-3-10(14)12(8)16/h1-6H. The van der Waals surface area contributed by atoms with Crippen LogP contribution in [0.1, 0.15) is 0 Å². The van der Waals surface area contributed by atoms with Gasteiger partial charge in [-0.2, -0.15) is 0 Å². The molecule has 0 aliphatic heterocycles. The van der Waals surface area contributed by atoms with Gasteiger partial charge in [-0.05, 0) is 23.8 Å². The molecule has 0 aliphatic rings. The molecule has 0 bridgehead atoms. The summed E-state index contributed by atoms with van der Waals surface area (Å²) in [5.74, 6) is -4.22. The monoisotopic (exact) mass is 226 g/mol. The Kier molecular flexibility index (Phi) is 2.64. The highest BCUT2D eigenvalue weighted by atomic mass is 19.2. The van der Waals surface area contributed by atoms with E-state index in [-0.39, 0.29) is 11.1 Å². The van der Waals surface area contributed by atoms with Crippen molar-refractivity contribution < 1.29 is 17.6 Å². The van der Waals surface area contributed by atoms with Crippen molar-refractivity contribution in [1.29, 1.82) is 0 Å². The van der Waals surface area contributed by atoms with Crippen molar-refractivity contribution in [3.63, 3.8) is 0 Å². The minimum absolute atomic E-state index is 0.0934. The molecule has 0 saturated carbocycles. The van der Waals surface area contributed by atoms with Gasteiger partial charge in [-0.25, -0.2) is 17.6 Å². The van der Waals surface area contributed by atoms with E-state index in [0.717, 1.165) is 18.2 Å². The summed E-state index contributed by atoms with van der Waals surface area (Å²) in [6.45, 7) is 0. The van der Waals surface area contributed by atoms with E-state index < -0.39 is 23.3 Å². The Morgan fingerprint density at radius 1 is 0.688 bits per heavy atom. The van der Waals surface area contributed by atoms with E-state index in [1.807, 2.05) is 0 Å². The summed E-state index contributed by atoms with van der Waals surface area (Å²) in [6, 6.07) is 6.44. The predicted molar refractivity (Wildman–Crippen MR) is 51.7 cm³/mol. The van der Waals surface area contributed by atoms with Gasteiger partial charge in [0, 0.05) is 5.56 Å². The maximum absolute atomic E-state index is 13.3. The van der Waals surface area contributed by atoms with Crippen molar-refractivity contribution >= 4 is 0 Å². The molecule has 0 aliphatic carbocycles. The van der Waals surface area contributed by atoms with Crippen molar-refractivity contribution in [3.8, 4) is 11.1 Å². The van der Waals surface area contributed by atoms with Gasteiger partial charge in [0.25, 0.3) is 0 Å². The molecule has 16 heavy (non-hydrogen) atoms. The van der Waals surface area contributed by atoms with Crippen LogP contribution in [0.3, 0.4) is 0 Å². The van der Waals surface area contributed by atoms with Crippen LogP contribution in [0.5, 0.6) is 0 Å². The molecule has 2 rings (SSSR count). The van der Waals surface area contributed by atoms with E-state index in [0.29, 0.717) is 0 Å². The zero-order valence-electron chi connectivity index (χ0n) is 7.98. The van der Waals surface area contributed by atoms with Crippen LogP contribution in [0, 0.1) is 23.3 Å². The molecule has 0 N–H and O–H groups in total. The molecule has 0 fully saturated rings. The Bertz CT molecular complexity index is 535. The normalized spacial score (nSPS) is 10.5. The summed E-state index contributed by atoms with van der Waals surface area (Å²) in [5.41, 5.74) is -0.00481. The first-order valence-electron chi connectivity index (χ1n) is 4.49. The van der Waals surface area contributed by atoms with Crippen molar-refractivity contribution in [1.82, 2.24) is 0 Å². The fourth-order valence-corrected chi connectivity index (χ4v) is 1.39. The summed E-state index contributed by atoms with van der Waals surface area (Å²) in [5, 5.41) is 0. The zero-order valence-corrected chi connectivity index (χ0v) is 7.98. The maximum Gasteiger partial charge on any atom is 0.166 e. The van der Waals surface area contributed by atoms with Gasteiger partial charge in [-0.3, -0.25) is 0 Å². The molecule has 2 aromatic rings. The Morgan fingerprint density at radius 3 is 2.12 bits per heavy atom. The topological polar surface area (TPSA) is 0 Å². The van der Waals surface area contributed by atoms with Crippen LogP contribution < -0.4 is 0 Å². The third kappa shape index (κ3) is 1.78. The quantitative estimate of drug-likeness (QED) is 0.646. The highest BCUT2D eigenvalue weighted by molar-refractivity contribution is 5.64. The van der Waals surface area contributed by atoms with E-state index in [1.54, 1.807) is 0 Å². The Hall–Kier alpha value is -1.84. The second-order valence-corrected chi connectivity index (χ2v) is 3.23. The van der Waals surface area contributed by atoms with E-state index >= 15 is 0 Å². The molecule has 0 amide bonds. The van der Waals surface area contributed by atoms with Crippen LogP contribution in [0.2, 0.25) is 0 Å². The molecule has 4 heteroatoms. The first-order chi connectivity index (χ1) is 7.59. The SMILES string of the molecule is Fc1ccc(-c2cccc(F)c2F)cc1F. The zero-order chi connectivity index (χ0) is 11.7. The van der Waals surface area contributed by atoms with E-state index in [9.17, 15) is 17.6 Å². The van der Waals surface area contributed by atoms with Crippen molar-refractivity contribution in [2.75, 3.05) is 0 Å². The minimum Gasteiger partial charge on any atom is -0.204 e. The molecule has 0 nitrogen and oxygen atoms in total. The van der Waals surface area contributed by atoms with Gasteiger partial charge < -0.3 is 0 Å². The fraction of sp³-hybridized carbons (Fsp3) is 0. The van der Waals surface area contributed by atoms with Crippen LogP contribution in [-0.4, -0.2) is 0 Å². The lowest BCUT2D eigenvalue weighted by molar-refractivity contribution is 0.506. The van der Waals surface area contributed by atoms with Crippen LogP contribution in [-0.2, 0) is 0 Å². The molecular formula is C12H6F4. The third-order valence-electron chi connectivity index (χ3n) is 2.18. The predicted octanol–water partition coefficient (Wildman–Crippen LogP) is 3.91. The van der Waals surface area contributed by atoms with Gasteiger partial charge in [-0.1, -0.05) is 18.2 Å². The third-order valence-corrected chi connectivity index (χ3v) is 2.18. The average molecular weight is 226 g/mol. The van der Waals surface area contributed by atoms with Crippen molar-refractivity contribution in [3.05, 3.63) is 59.7 Å². The first kappa shape index (κ1) is 10.7. The Morgan fingerprint density at radius 2 is 1.44 bits per heavy atom. The Labute approximate surface area is 89.2 Å². The van der Waals surface area contributed by atoms with E-state index in [2.05, 4.69) is 0 Å². The highest BCUT2D eigenvalue weighted by Crippen LogP contribution is 2.25. The molecule has 0 heterocycles. The smallest absolute Gasteiger partial charge is 0.166 e. The lowest BCUT2D eigenvalue weighted by atomic mass is 10.0. The molecule has 0 aromatic heterocycles. The van der Waals surface area contributed by atoms with Gasteiger partial charge in [-0.15, -0.1) is 0 Å². The van der Waals surface area contributed by atoms with Gasteiger partial charge in [0.2, 0.25) is 0 Å². The average Bonchev–Trinajstić information content (AvgIpc) is 2.26. The number of hydrogen-bond acceptors (Lipinski definition) is 0. The van der Waals surface area contributed by atoms with Crippen LogP contribution in [0.4, 0.5) is 17.6 Å². The number of hydrogen-bond donors (Lipinski definition) is 0. The highest BCUT2D eigenvalue weighted by Gasteiger charge is 2.11. The summed E-state index contributed by atoms with van der Waals surface area (Å²) in [7, 11) is 0. The van der Waals surface area contributed by atoms with Gasteiger partial charge in [0.1, 0.15) is 0 Å². The number of rotatable bonds is 1. The molecule has 0 saturated heterocycles. The van der Waals surface area contributed by atoms with E-state index in [1.165, 1.54) is 18.2 Å².